The van der Waals surface area contributed by atoms with Crippen LogP contribution in [-0.4, -0.2) is 0 Å². The van der Waals surface area contributed by atoms with E-state index < -0.39 is 0 Å². The van der Waals surface area contributed by atoms with Gasteiger partial charge >= 0.3 is 0 Å². The first-order valence-electron chi connectivity index (χ1n) is 10.5. The van der Waals surface area contributed by atoms with Crippen LogP contribution >= 0.6 is 0 Å². The van der Waals surface area contributed by atoms with E-state index in [-0.39, 0.29) is 5.41 Å². The molecule has 0 heteroatoms. The molecule has 4 aromatic carbocycles. The normalized spacial score (nSPS) is 12.5. The summed E-state index contributed by atoms with van der Waals surface area (Å²) in [5.74, 6) is 0.573. The number of rotatable bonds is 6. The monoisotopic (exact) mass is 376 g/mol. The lowest BCUT2D eigenvalue weighted by Crippen LogP contribution is -2.31. The van der Waals surface area contributed by atoms with Crippen LogP contribution in [0.25, 0.3) is 0 Å². The highest BCUT2D eigenvalue weighted by Gasteiger charge is 2.38. The van der Waals surface area contributed by atoms with Crippen LogP contribution in [0.15, 0.2) is 115 Å². The van der Waals surface area contributed by atoms with Crippen molar-refractivity contribution in [1.82, 2.24) is 0 Å². The zero-order valence-electron chi connectivity index (χ0n) is 17.3. The van der Waals surface area contributed by atoms with E-state index in [1.165, 1.54) is 27.8 Å². The summed E-state index contributed by atoms with van der Waals surface area (Å²) in [6.07, 6.45) is 1.15. The second kappa shape index (κ2) is 8.49. The van der Waals surface area contributed by atoms with Crippen molar-refractivity contribution in [3.63, 3.8) is 0 Å². The maximum atomic E-state index is 2.33. The molecule has 0 N–H and O–H groups in total. The zero-order chi connectivity index (χ0) is 20.1. The van der Waals surface area contributed by atoms with Crippen LogP contribution in [0.5, 0.6) is 0 Å². The maximum absolute atomic E-state index is 2.33. The standard InChI is InChI=1S/C29H28/c1-3-23(2)24-19-21-28(22-20-24)29(25-13-7-4-8-14-25,26-15-9-5-10-16-26)27-17-11-6-12-18-27/h4-23H,3H2,1-2H3. The van der Waals surface area contributed by atoms with Crippen molar-refractivity contribution >= 4 is 0 Å². The van der Waals surface area contributed by atoms with Crippen molar-refractivity contribution in [2.45, 2.75) is 31.6 Å². The number of hydrogen-bond donors (Lipinski definition) is 0. The SMILES string of the molecule is CCC(C)c1ccc(C(c2ccccc2)(c2ccccc2)c2ccccc2)cc1. The van der Waals surface area contributed by atoms with Crippen LogP contribution < -0.4 is 0 Å². The van der Waals surface area contributed by atoms with Crippen LogP contribution in [-0.2, 0) is 5.41 Å². The highest BCUT2D eigenvalue weighted by Crippen LogP contribution is 2.45. The van der Waals surface area contributed by atoms with Gasteiger partial charge in [0.15, 0.2) is 0 Å². The summed E-state index contributed by atoms with van der Waals surface area (Å²) in [5.41, 5.74) is 6.21. The van der Waals surface area contributed by atoms with Crippen LogP contribution in [0.4, 0.5) is 0 Å². The minimum absolute atomic E-state index is 0.349. The summed E-state index contributed by atoms with van der Waals surface area (Å²) < 4.78 is 0. The molecule has 0 heterocycles. The molecule has 4 rings (SSSR count). The Morgan fingerprint density at radius 2 is 0.862 bits per heavy atom. The van der Waals surface area contributed by atoms with Gasteiger partial charge < -0.3 is 0 Å². The quantitative estimate of drug-likeness (QED) is 0.304. The Hall–Kier alpha value is -3.12. The molecule has 0 aliphatic carbocycles. The third kappa shape index (κ3) is 3.51. The van der Waals surface area contributed by atoms with Crippen LogP contribution in [0.3, 0.4) is 0 Å². The van der Waals surface area contributed by atoms with Gasteiger partial charge in [-0.15, -0.1) is 0 Å². The van der Waals surface area contributed by atoms with Gasteiger partial charge in [-0.1, -0.05) is 129 Å². The molecule has 0 bridgehead atoms. The molecular formula is C29H28. The topological polar surface area (TPSA) is 0 Å². The average Bonchev–Trinajstić information content (AvgIpc) is 2.82. The van der Waals surface area contributed by atoms with Gasteiger partial charge in [-0.2, -0.15) is 0 Å². The van der Waals surface area contributed by atoms with E-state index in [4.69, 9.17) is 0 Å². The van der Waals surface area contributed by atoms with Crippen molar-refractivity contribution in [3.05, 3.63) is 143 Å². The van der Waals surface area contributed by atoms with Crippen molar-refractivity contribution in [2.75, 3.05) is 0 Å². The minimum atomic E-state index is -0.349. The molecule has 0 spiro atoms. The smallest absolute Gasteiger partial charge is 0.0648 e. The molecule has 0 amide bonds. The minimum Gasteiger partial charge on any atom is -0.0648 e. The van der Waals surface area contributed by atoms with Crippen molar-refractivity contribution in [3.8, 4) is 0 Å². The summed E-state index contributed by atoms with van der Waals surface area (Å²) >= 11 is 0. The molecule has 0 saturated carbocycles. The third-order valence-corrected chi connectivity index (χ3v) is 6.15. The lowest BCUT2D eigenvalue weighted by molar-refractivity contribution is 0.723. The van der Waals surface area contributed by atoms with Gasteiger partial charge in [-0.25, -0.2) is 0 Å². The van der Waals surface area contributed by atoms with Gasteiger partial charge in [0.2, 0.25) is 0 Å². The van der Waals surface area contributed by atoms with Gasteiger partial charge in [-0.05, 0) is 40.2 Å². The fourth-order valence-electron chi connectivity index (χ4n) is 4.36. The van der Waals surface area contributed by atoms with Gasteiger partial charge in [0.1, 0.15) is 0 Å². The molecular weight excluding hydrogens is 348 g/mol. The molecule has 144 valence electrons. The highest BCUT2D eigenvalue weighted by molar-refractivity contribution is 5.59. The average molecular weight is 377 g/mol. The molecule has 0 aliphatic rings. The highest BCUT2D eigenvalue weighted by atomic mass is 14.4. The van der Waals surface area contributed by atoms with E-state index in [9.17, 15) is 0 Å². The largest absolute Gasteiger partial charge is 0.0701 e. The molecule has 4 aromatic rings. The molecule has 1 atom stereocenters. The Kier molecular flexibility index (Phi) is 5.62. The fourth-order valence-corrected chi connectivity index (χ4v) is 4.36. The van der Waals surface area contributed by atoms with Crippen molar-refractivity contribution in [2.24, 2.45) is 0 Å². The first-order valence-corrected chi connectivity index (χ1v) is 10.5. The van der Waals surface area contributed by atoms with E-state index >= 15 is 0 Å². The Balaban J connectivity index is 2.03. The summed E-state index contributed by atoms with van der Waals surface area (Å²) in [6, 6.07) is 41.9. The van der Waals surface area contributed by atoms with E-state index in [1.807, 2.05) is 0 Å². The Labute approximate surface area is 174 Å². The lowest BCUT2D eigenvalue weighted by Gasteiger charge is -2.37. The summed E-state index contributed by atoms with van der Waals surface area (Å²) in [7, 11) is 0. The molecule has 1 unspecified atom stereocenters. The zero-order valence-corrected chi connectivity index (χ0v) is 17.3. The Morgan fingerprint density at radius 1 is 0.517 bits per heavy atom. The summed E-state index contributed by atoms with van der Waals surface area (Å²) in [4.78, 5) is 0. The van der Waals surface area contributed by atoms with Gasteiger partial charge in [-0.3, -0.25) is 0 Å². The van der Waals surface area contributed by atoms with E-state index in [0.29, 0.717) is 5.92 Å². The molecule has 0 saturated heterocycles. The number of hydrogen-bond acceptors (Lipinski definition) is 0. The predicted octanol–water partition coefficient (Wildman–Crippen LogP) is 7.58. The molecule has 0 aliphatic heterocycles. The molecule has 0 nitrogen and oxygen atoms in total. The first kappa shape index (κ1) is 19.2. The summed E-state index contributed by atoms with van der Waals surface area (Å²) in [5, 5.41) is 0. The van der Waals surface area contributed by atoms with Gasteiger partial charge in [0.05, 0.1) is 5.41 Å². The lowest BCUT2D eigenvalue weighted by atomic mass is 9.65. The fraction of sp³-hybridized carbons (Fsp3) is 0.172. The Morgan fingerprint density at radius 3 is 1.21 bits per heavy atom. The van der Waals surface area contributed by atoms with Crippen molar-refractivity contribution in [1.29, 1.82) is 0 Å². The van der Waals surface area contributed by atoms with E-state index in [2.05, 4.69) is 129 Å². The van der Waals surface area contributed by atoms with E-state index in [1.54, 1.807) is 0 Å². The van der Waals surface area contributed by atoms with Crippen molar-refractivity contribution < 1.29 is 0 Å². The summed E-state index contributed by atoms with van der Waals surface area (Å²) in [6.45, 7) is 4.55. The number of benzene rings is 4. The second-order valence-electron chi connectivity index (χ2n) is 7.78. The Bertz CT molecular complexity index is 919. The van der Waals surface area contributed by atoms with E-state index in [0.717, 1.165) is 6.42 Å². The van der Waals surface area contributed by atoms with Gasteiger partial charge in [0.25, 0.3) is 0 Å². The predicted molar refractivity (Wildman–Crippen MR) is 123 cm³/mol. The molecule has 29 heavy (non-hydrogen) atoms. The maximum Gasteiger partial charge on any atom is 0.0701 e. The molecule has 0 aromatic heterocycles. The van der Waals surface area contributed by atoms with Crippen LogP contribution in [0.2, 0.25) is 0 Å². The second-order valence-corrected chi connectivity index (χ2v) is 7.78. The van der Waals surface area contributed by atoms with Crippen LogP contribution in [0, 0.1) is 0 Å². The third-order valence-electron chi connectivity index (χ3n) is 6.15. The van der Waals surface area contributed by atoms with Gasteiger partial charge in [0, 0.05) is 0 Å². The first-order chi connectivity index (χ1) is 14.3. The van der Waals surface area contributed by atoms with Crippen LogP contribution in [0.1, 0.15) is 54.0 Å². The molecule has 0 radical (unpaired) electrons. The molecule has 0 fully saturated rings.